The van der Waals surface area contributed by atoms with Crippen molar-refractivity contribution in [3.05, 3.63) is 52.7 Å². The van der Waals surface area contributed by atoms with Crippen molar-refractivity contribution in [2.75, 3.05) is 2.84 Å². The molecule has 22 heavy (non-hydrogen) atoms. The van der Waals surface area contributed by atoms with E-state index in [9.17, 15) is 0 Å². The van der Waals surface area contributed by atoms with Gasteiger partial charge in [-0.05, 0) is 0 Å². The summed E-state index contributed by atoms with van der Waals surface area (Å²) in [5, 5.41) is 0. The molecule has 0 spiro atoms. The topological polar surface area (TPSA) is 3.24 Å². The van der Waals surface area contributed by atoms with Gasteiger partial charge in [-0.3, -0.25) is 0 Å². The zero-order valence-electron chi connectivity index (χ0n) is 14.2. The first-order valence-electron chi connectivity index (χ1n) is 7.24. The van der Waals surface area contributed by atoms with Crippen LogP contribution in [0.4, 0.5) is 5.69 Å². The van der Waals surface area contributed by atoms with Crippen LogP contribution >= 0.6 is 0 Å². The Balaban J connectivity index is 0.00000220. The van der Waals surface area contributed by atoms with Crippen LogP contribution < -0.4 is 27.7 Å². The maximum atomic E-state index is 2.73. The summed E-state index contributed by atoms with van der Waals surface area (Å²) in [6.45, 7) is 14.2. The molecule has 1 nitrogen and oxygen atoms in total. The molecule has 0 aliphatic heterocycles. The number of anilines is 1. The molecule has 0 bridgehead atoms. The normalized spacial score (nSPS) is 16.7. The fourth-order valence-corrected chi connectivity index (χ4v) is 9.86. The predicted molar refractivity (Wildman–Crippen MR) is 86.6 cm³/mol. The minimum Gasteiger partial charge on any atom is -1.00 e. The first kappa shape index (κ1) is 22.2. The van der Waals surface area contributed by atoms with E-state index in [1.807, 2.05) is 0 Å². The van der Waals surface area contributed by atoms with Crippen molar-refractivity contribution in [1.82, 2.24) is 0 Å². The van der Waals surface area contributed by atoms with Crippen LogP contribution in [0, 0.1) is 5.92 Å². The maximum absolute atomic E-state index is 2.73. The summed E-state index contributed by atoms with van der Waals surface area (Å²) >= 11 is -0.539. The van der Waals surface area contributed by atoms with E-state index in [0.29, 0.717) is 5.92 Å². The largest absolute Gasteiger partial charge is 1.00 e. The van der Waals surface area contributed by atoms with Crippen LogP contribution in [-0.4, -0.2) is 5.43 Å². The van der Waals surface area contributed by atoms with Crippen molar-refractivity contribution in [2.45, 2.75) is 40.8 Å². The molecule has 119 valence electrons. The second-order valence-corrected chi connectivity index (χ2v) is 18.2. The van der Waals surface area contributed by atoms with Gasteiger partial charge in [-0.2, -0.15) is 0 Å². The second kappa shape index (κ2) is 9.47. The van der Waals surface area contributed by atoms with E-state index in [4.69, 9.17) is 0 Å². The van der Waals surface area contributed by atoms with Gasteiger partial charge in [0, 0.05) is 0 Å². The van der Waals surface area contributed by atoms with Crippen molar-refractivity contribution in [1.29, 1.82) is 0 Å². The van der Waals surface area contributed by atoms with Crippen molar-refractivity contribution in [2.24, 2.45) is 5.92 Å². The SMILES string of the molecule is CC1=C(C)C(C)C([N]([Zr+2]=[Si](C)C)c2ccccc2)=C1C.[Cl-].[Cl-]. The molecule has 1 aliphatic rings. The van der Waals surface area contributed by atoms with Crippen molar-refractivity contribution < 1.29 is 47.0 Å². The van der Waals surface area contributed by atoms with E-state index in [1.54, 1.807) is 11.3 Å². The molecule has 0 amide bonds. The molecule has 1 aromatic rings. The molecule has 0 fully saturated rings. The van der Waals surface area contributed by atoms with Crippen LogP contribution in [0.1, 0.15) is 27.7 Å². The standard InChI is InChI=1S/C15H18N.C2H6Si.2ClH.Zr/c1-10-11(2)13(4)15(12(10)3)16-14-8-6-5-7-9-14;1-3-2;;;/h5-9,12H,1-4H3;1-2H3;2*1H;/q-1;;;;+3/p-2. The minimum atomic E-state index is -0.539. The smallest absolute Gasteiger partial charge is 1.00 e. The van der Waals surface area contributed by atoms with Crippen LogP contribution in [0.5, 0.6) is 0 Å². The summed E-state index contributed by atoms with van der Waals surface area (Å²) in [6.07, 6.45) is 0. The zero-order chi connectivity index (χ0) is 14.9. The van der Waals surface area contributed by atoms with E-state index in [0.717, 1.165) is 0 Å². The number of allylic oxidation sites excluding steroid dienone is 3. The summed E-state index contributed by atoms with van der Waals surface area (Å²) in [6, 6.07) is 11.0. The number of halogens is 2. The molecule has 0 N–H and O–H groups in total. The van der Waals surface area contributed by atoms with Gasteiger partial charge in [-0.25, -0.2) is 0 Å². The summed E-state index contributed by atoms with van der Waals surface area (Å²) in [7, 11) is 0. The molecule has 5 heteroatoms. The Morgan fingerprint density at radius 2 is 1.50 bits per heavy atom. The van der Waals surface area contributed by atoms with Crippen LogP contribution in [0.25, 0.3) is 0 Å². The van der Waals surface area contributed by atoms with E-state index in [2.05, 4.69) is 74.0 Å². The fourth-order valence-electron chi connectivity index (χ4n) is 2.77. The molecule has 2 rings (SSSR count). The number of nitrogens with zero attached hydrogens (tertiary/aromatic N) is 1. The average Bonchev–Trinajstić information content (AvgIpc) is 2.62. The molecule has 0 radical (unpaired) electrons. The van der Waals surface area contributed by atoms with Crippen molar-refractivity contribution >= 4 is 11.1 Å². The first-order valence-corrected chi connectivity index (χ1v) is 14.5. The Kier molecular flexibility index (Phi) is 9.55. The average molecular weight is 433 g/mol. The number of para-hydroxylation sites is 1. The van der Waals surface area contributed by atoms with Gasteiger partial charge >= 0.3 is 136 Å². The van der Waals surface area contributed by atoms with Gasteiger partial charge in [-0.1, -0.05) is 0 Å². The van der Waals surface area contributed by atoms with Gasteiger partial charge in [0.1, 0.15) is 0 Å². The molecular formula is C17H24Cl2NSiZr. The zero-order valence-corrected chi connectivity index (χ0v) is 19.1. The Morgan fingerprint density at radius 3 is 1.91 bits per heavy atom. The summed E-state index contributed by atoms with van der Waals surface area (Å²) in [4.78, 5) is 0. The van der Waals surface area contributed by atoms with Gasteiger partial charge < -0.3 is 24.8 Å². The molecule has 1 aliphatic carbocycles. The molecule has 0 saturated heterocycles. The molecular weight excluding hydrogens is 408 g/mol. The van der Waals surface area contributed by atoms with Gasteiger partial charge in [0.2, 0.25) is 0 Å². The minimum absolute atomic E-state index is 0. The monoisotopic (exact) mass is 430 g/mol. The van der Waals surface area contributed by atoms with Gasteiger partial charge in [0.05, 0.1) is 0 Å². The molecule has 0 heterocycles. The van der Waals surface area contributed by atoms with Crippen molar-refractivity contribution in [3.63, 3.8) is 0 Å². The van der Waals surface area contributed by atoms with E-state index in [1.165, 1.54) is 16.8 Å². The van der Waals surface area contributed by atoms with Gasteiger partial charge in [0.15, 0.2) is 0 Å². The molecule has 1 unspecified atom stereocenters. The first-order chi connectivity index (χ1) is 9.43. The third kappa shape index (κ3) is 4.60. The Labute approximate surface area is 159 Å². The third-order valence-corrected chi connectivity index (χ3v) is 11.0. The number of rotatable bonds is 3. The molecule has 1 aromatic carbocycles. The van der Waals surface area contributed by atoms with E-state index in [-0.39, 0.29) is 30.2 Å². The Morgan fingerprint density at radius 1 is 0.955 bits per heavy atom. The van der Waals surface area contributed by atoms with E-state index < -0.39 is 22.1 Å². The quantitative estimate of drug-likeness (QED) is 0.555. The maximum Gasteiger partial charge on any atom is -1.00 e. The van der Waals surface area contributed by atoms with Gasteiger partial charge in [-0.15, -0.1) is 0 Å². The number of benzene rings is 1. The number of hydrogen-bond acceptors (Lipinski definition) is 1. The number of hydrogen-bond donors (Lipinski definition) is 0. The third-order valence-electron chi connectivity index (χ3n) is 4.19. The Bertz CT molecular complexity index is 604. The summed E-state index contributed by atoms with van der Waals surface area (Å²) < 4.78 is 2.73. The molecule has 0 saturated carbocycles. The fraction of sp³-hybridized carbons (Fsp3) is 0.412. The Hall–Kier alpha value is 0.180. The summed E-state index contributed by atoms with van der Waals surface area (Å²) in [5.74, 6) is 0.581. The van der Waals surface area contributed by atoms with Crippen molar-refractivity contribution in [3.8, 4) is 0 Å². The van der Waals surface area contributed by atoms with Crippen LogP contribution in [0.15, 0.2) is 52.7 Å². The van der Waals surface area contributed by atoms with Gasteiger partial charge in [0.25, 0.3) is 0 Å². The predicted octanol–water partition coefficient (Wildman–Crippen LogP) is -0.990. The van der Waals surface area contributed by atoms with E-state index >= 15 is 0 Å². The molecule has 1 atom stereocenters. The molecule has 0 aromatic heterocycles. The summed E-state index contributed by atoms with van der Waals surface area (Å²) in [5.41, 5.74) is 7.42. The van der Waals surface area contributed by atoms with Crippen LogP contribution in [0.2, 0.25) is 13.1 Å². The van der Waals surface area contributed by atoms with Crippen LogP contribution in [-0.2, 0) is 22.1 Å². The van der Waals surface area contributed by atoms with Crippen LogP contribution in [0.3, 0.4) is 0 Å². The second-order valence-electron chi connectivity index (χ2n) is 5.82.